The van der Waals surface area contributed by atoms with E-state index < -0.39 is 15.8 Å². The Kier molecular flexibility index (Phi) is 4.07. The highest BCUT2D eigenvalue weighted by Gasteiger charge is 2.19. The van der Waals surface area contributed by atoms with Crippen molar-refractivity contribution in [1.29, 1.82) is 0 Å². The largest absolute Gasteiger partial charge is 0.278 e. The number of nitrogens with zero attached hydrogens (tertiary/aromatic N) is 1. The number of sulfonamides is 1. The Morgan fingerprint density at radius 3 is 2.63 bits per heavy atom. The quantitative estimate of drug-likeness (QED) is 0.848. The molecule has 0 aliphatic rings. The number of rotatable bonds is 3. The van der Waals surface area contributed by atoms with E-state index in [0.717, 1.165) is 12.1 Å². The minimum atomic E-state index is -3.96. The Morgan fingerprint density at radius 2 is 2.00 bits per heavy atom. The van der Waals surface area contributed by atoms with Crippen LogP contribution in [0.2, 0.25) is 5.02 Å². The van der Waals surface area contributed by atoms with Crippen LogP contribution in [0.5, 0.6) is 0 Å². The van der Waals surface area contributed by atoms with Gasteiger partial charge >= 0.3 is 0 Å². The molecule has 19 heavy (non-hydrogen) atoms. The molecule has 0 atom stereocenters. The second-order valence-electron chi connectivity index (χ2n) is 3.55. The molecule has 4 nitrogen and oxygen atoms in total. The molecule has 0 spiro atoms. The molecule has 0 radical (unpaired) electrons. The standard InChI is InChI=1S/C11H7BrClFN2O2S/c12-11-4-2-8(6-15-11)16-19(17,18)10-5-7(14)1-3-9(10)13/h1-6,16H. The van der Waals surface area contributed by atoms with Crippen molar-refractivity contribution in [2.45, 2.75) is 4.90 Å². The van der Waals surface area contributed by atoms with E-state index in [2.05, 4.69) is 25.6 Å². The van der Waals surface area contributed by atoms with Gasteiger partial charge in [-0.3, -0.25) is 4.72 Å². The Morgan fingerprint density at radius 1 is 1.26 bits per heavy atom. The average Bonchev–Trinajstić information content (AvgIpc) is 2.35. The van der Waals surface area contributed by atoms with Crippen molar-refractivity contribution in [3.63, 3.8) is 0 Å². The molecule has 1 aromatic carbocycles. The molecule has 0 fully saturated rings. The smallest absolute Gasteiger partial charge is 0.263 e. The lowest BCUT2D eigenvalue weighted by Crippen LogP contribution is -2.13. The van der Waals surface area contributed by atoms with Crippen molar-refractivity contribution in [2.75, 3.05) is 4.72 Å². The molecular formula is C11H7BrClFN2O2S. The molecule has 0 aliphatic heterocycles. The first-order valence-electron chi connectivity index (χ1n) is 4.98. The van der Waals surface area contributed by atoms with Crippen molar-refractivity contribution in [3.05, 3.63) is 52.0 Å². The molecule has 0 saturated heterocycles. The zero-order valence-electron chi connectivity index (χ0n) is 9.27. The second-order valence-corrected chi connectivity index (χ2v) is 6.42. The first kappa shape index (κ1) is 14.2. The zero-order valence-corrected chi connectivity index (χ0v) is 12.4. The molecule has 1 N–H and O–H groups in total. The number of halogens is 3. The molecule has 0 aliphatic carbocycles. The Hall–Kier alpha value is -1.18. The van der Waals surface area contributed by atoms with Gasteiger partial charge in [-0.2, -0.15) is 0 Å². The van der Waals surface area contributed by atoms with Crippen molar-refractivity contribution in [3.8, 4) is 0 Å². The lowest BCUT2D eigenvalue weighted by Gasteiger charge is -2.09. The van der Waals surface area contributed by atoms with Gasteiger partial charge in [0.1, 0.15) is 15.3 Å². The van der Waals surface area contributed by atoms with E-state index in [1.165, 1.54) is 18.3 Å². The fraction of sp³-hybridized carbons (Fsp3) is 0. The third-order valence-corrected chi connectivity index (χ3v) is 4.49. The average molecular weight is 366 g/mol. The molecule has 0 saturated carbocycles. The van der Waals surface area contributed by atoms with Crippen molar-refractivity contribution in [2.24, 2.45) is 0 Å². The van der Waals surface area contributed by atoms with Gasteiger partial charge in [-0.05, 0) is 46.3 Å². The van der Waals surface area contributed by atoms with Gasteiger partial charge < -0.3 is 0 Å². The summed E-state index contributed by atoms with van der Waals surface area (Å²) in [6, 6.07) is 6.22. The molecule has 0 amide bonds. The van der Waals surface area contributed by atoms with E-state index in [4.69, 9.17) is 11.6 Å². The molecular weight excluding hydrogens is 359 g/mol. The van der Waals surface area contributed by atoms with E-state index in [1.807, 2.05) is 0 Å². The maximum atomic E-state index is 13.1. The van der Waals surface area contributed by atoms with Crippen molar-refractivity contribution < 1.29 is 12.8 Å². The monoisotopic (exact) mass is 364 g/mol. The Balaban J connectivity index is 2.37. The number of nitrogens with one attached hydrogen (secondary N) is 1. The summed E-state index contributed by atoms with van der Waals surface area (Å²) in [6.07, 6.45) is 1.33. The second kappa shape index (κ2) is 5.44. The molecule has 2 aromatic rings. The maximum absolute atomic E-state index is 13.1. The Labute approximate surface area is 122 Å². The summed E-state index contributed by atoms with van der Waals surface area (Å²) in [4.78, 5) is 3.56. The summed E-state index contributed by atoms with van der Waals surface area (Å²) in [6.45, 7) is 0. The minimum Gasteiger partial charge on any atom is -0.278 e. The maximum Gasteiger partial charge on any atom is 0.263 e. The van der Waals surface area contributed by atoms with Gasteiger partial charge in [-0.25, -0.2) is 17.8 Å². The van der Waals surface area contributed by atoms with Crippen LogP contribution in [0.15, 0.2) is 46.0 Å². The molecule has 8 heteroatoms. The minimum absolute atomic E-state index is 0.0565. The molecule has 2 rings (SSSR count). The highest BCUT2D eigenvalue weighted by atomic mass is 79.9. The van der Waals surface area contributed by atoms with Crippen molar-refractivity contribution >= 4 is 43.2 Å². The number of benzene rings is 1. The van der Waals surface area contributed by atoms with E-state index >= 15 is 0 Å². The van der Waals surface area contributed by atoms with Gasteiger partial charge in [0.15, 0.2) is 0 Å². The van der Waals surface area contributed by atoms with Crippen LogP contribution in [-0.4, -0.2) is 13.4 Å². The number of hydrogen-bond donors (Lipinski definition) is 1. The van der Waals surface area contributed by atoms with Gasteiger partial charge in [0, 0.05) is 0 Å². The van der Waals surface area contributed by atoms with Crippen molar-refractivity contribution in [1.82, 2.24) is 4.98 Å². The number of aromatic nitrogens is 1. The molecule has 0 bridgehead atoms. The third kappa shape index (κ3) is 3.43. The summed E-state index contributed by atoms with van der Waals surface area (Å²) in [5, 5.41) is -0.0565. The SMILES string of the molecule is O=S(=O)(Nc1ccc(Br)nc1)c1cc(F)ccc1Cl. The van der Waals surface area contributed by atoms with Crippen LogP contribution in [0, 0.1) is 5.82 Å². The normalized spacial score (nSPS) is 11.3. The summed E-state index contributed by atoms with van der Waals surface area (Å²) >= 11 is 8.90. The predicted molar refractivity (Wildman–Crippen MR) is 74.2 cm³/mol. The van der Waals surface area contributed by atoms with Gasteiger partial charge in [0.2, 0.25) is 0 Å². The molecule has 1 heterocycles. The lowest BCUT2D eigenvalue weighted by molar-refractivity contribution is 0.595. The van der Waals surface area contributed by atoms with Gasteiger partial charge in [-0.1, -0.05) is 11.6 Å². The van der Waals surface area contributed by atoms with E-state index in [1.54, 1.807) is 6.07 Å². The lowest BCUT2D eigenvalue weighted by atomic mass is 10.3. The van der Waals surface area contributed by atoms with Crippen LogP contribution in [0.25, 0.3) is 0 Å². The van der Waals surface area contributed by atoms with E-state index in [0.29, 0.717) is 4.60 Å². The summed E-state index contributed by atoms with van der Waals surface area (Å²) in [5.74, 6) is -0.682. The van der Waals surface area contributed by atoms with Crippen LogP contribution in [-0.2, 0) is 10.0 Å². The zero-order chi connectivity index (χ0) is 14.0. The van der Waals surface area contributed by atoms with Crippen LogP contribution >= 0.6 is 27.5 Å². The van der Waals surface area contributed by atoms with Crippen LogP contribution in [0.3, 0.4) is 0 Å². The summed E-state index contributed by atoms with van der Waals surface area (Å²) in [7, 11) is -3.96. The number of hydrogen-bond acceptors (Lipinski definition) is 3. The van der Waals surface area contributed by atoms with Crippen LogP contribution < -0.4 is 4.72 Å². The summed E-state index contributed by atoms with van der Waals surface area (Å²) in [5.41, 5.74) is 0.253. The Bertz CT molecular complexity index is 707. The third-order valence-electron chi connectivity index (χ3n) is 2.16. The molecule has 1 aromatic heterocycles. The first-order valence-corrected chi connectivity index (χ1v) is 7.63. The van der Waals surface area contributed by atoms with Gasteiger partial charge in [0.25, 0.3) is 10.0 Å². The fourth-order valence-electron chi connectivity index (χ4n) is 1.33. The highest BCUT2D eigenvalue weighted by Crippen LogP contribution is 2.24. The van der Waals surface area contributed by atoms with Crippen LogP contribution in [0.4, 0.5) is 10.1 Å². The van der Waals surface area contributed by atoms with Gasteiger partial charge in [-0.15, -0.1) is 0 Å². The van der Waals surface area contributed by atoms with Gasteiger partial charge in [0.05, 0.1) is 16.9 Å². The molecule has 100 valence electrons. The predicted octanol–water partition coefficient (Wildman–Crippen LogP) is 3.44. The number of anilines is 1. The summed E-state index contributed by atoms with van der Waals surface area (Å²) < 4.78 is 40.1. The first-order chi connectivity index (χ1) is 8.88. The van der Waals surface area contributed by atoms with E-state index in [-0.39, 0.29) is 15.6 Å². The fourth-order valence-corrected chi connectivity index (χ4v) is 3.12. The van der Waals surface area contributed by atoms with Crippen LogP contribution in [0.1, 0.15) is 0 Å². The molecule has 0 unspecified atom stereocenters. The van der Waals surface area contributed by atoms with E-state index in [9.17, 15) is 12.8 Å². The topological polar surface area (TPSA) is 59.1 Å². The number of pyridine rings is 1. The highest BCUT2D eigenvalue weighted by molar-refractivity contribution is 9.10.